The highest BCUT2D eigenvalue weighted by atomic mass is 16.4. The summed E-state index contributed by atoms with van der Waals surface area (Å²) < 4.78 is 0. The lowest BCUT2D eigenvalue weighted by atomic mass is 10.1. The van der Waals surface area contributed by atoms with Crippen LogP contribution < -0.4 is 0 Å². The van der Waals surface area contributed by atoms with Crippen LogP contribution in [0.3, 0.4) is 0 Å². The molecule has 0 aromatic rings. The molecule has 0 aromatic carbocycles. The second kappa shape index (κ2) is 4.70. The Balaban J connectivity index is 4.47. The third-order valence-electron chi connectivity index (χ3n) is 1.21. The second-order valence-corrected chi connectivity index (χ2v) is 2.08. The van der Waals surface area contributed by atoms with Gasteiger partial charge in [0.25, 0.3) is 0 Å². The van der Waals surface area contributed by atoms with E-state index in [4.69, 9.17) is 25.5 Å². The van der Waals surface area contributed by atoms with Crippen molar-refractivity contribution >= 4 is 6.29 Å². The van der Waals surface area contributed by atoms with E-state index in [1.54, 1.807) is 0 Å². The predicted octanol–water partition coefficient (Wildman–Crippen LogP) is -1.77. The standard InChI is InChI=1S/C6H10O6/c7-1-3(9)5(11)6(12)4(10)2-8/h1,4,6,8-12H,2H2/b5-3-. The first kappa shape index (κ1) is 10.9. The molecule has 0 saturated heterocycles. The highest BCUT2D eigenvalue weighted by Crippen LogP contribution is 2.05. The fourth-order valence-electron chi connectivity index (χ4n) is 0.494. The summed E-state index contributed by atoms with van der Waals surface area (Å²) in [5, 5.41) is 43.2. The van der Waals surface area contributed by atoms with Crippen LogP contribution in [0.2, 0.25) is 0 Å². The summed E-state index contributed by atoms with van der Waals surface area (Å²) >= 11 is 0. The highest BCUT2D eigenvalue weighted by molar-refractivity contribution is 5.70. The molecule has 0 aliphatic heterocycles. The van der Waals surface area contributed by atoms with E-state index in [1.807, 2.05) is 0 Å². The molecule has 0 spiro atoms. The molecule has 0 fully saturated rings. The molecule has 2 atom stereocenters. The molecule has 12 heavy (non-hydrogen) atoms. The van der Waals surface area contributed by atoms with Gasteiger partial charge in [0.15, 0.2) is 17.8 Å². The van der Waals surface area contributed by atoms with E-state index in [0.717, 1.165) is 0 Å². The first-order chi connectivity index (χ1) is 5.54. The first-order valence-electron chi connectivity index (χ1n) is 3.08. The molecule has 0 heterocycles. The van der Waals surface area contributed by atoms with Crippen LogP contribution in [0.15, 0.2) is 11.5 Å². The minimum atomic E-state index is -1.86. The molecule has 0 aromatic heterocycles. The zero-order valence-corrected chi connectivity index (χ0v) is 6.08. The van der Waals surface area contributed by atoms with E-state index in [1.165, 1.54) is 0 Å². The van der Waals surface area contributed by atoms with Gasteiger partial charge in [-0.05, 0) is 0 Å². The van der Waals surface area contributed by atoms with Crippen molar-refractivity contribution in [3.8, 4) is 0 Å². The number of hydrogen-bond acceptors (Lipinski definition) is 6. The van der Waals surface area contributed by atoms with Crippen molar-refractivity contribution in [1.82, 2.24) is 0 Å². The molecule has 70 valence electrons. The van der Waals surface area contributed by atoms with E-state index in [2.05, 4.69) is 0 Å². The summed E-state index contributed by atoms with van der Waals surface area (Å²) in [7, 11) is 0. The SMILES string of the molecule is O=C/C(O)=C(/O)C(O)C(O)CO. The van der Waals surface area contributed by atoms with Crippen LogP contribution in [0.5, 0.6) is 0 Å². The fourth-order valence-corrected chi connectivity index (χ4v) is 0.494. The van der Waals surface area contributed by atoms with Crippen LogP contribution >= 0.6 is 0 Å². The molecule has 0 saturated carbocycles. The van der Waals surface area contributed by atoms with Crippen LogP contribution in [0.4, 0.5) is 0 Å². The lowest BCUT2D eigenvalue weighted by molar-refractivity contribution is -0.107. The molecule has 0 amide bonds. The minimum Gasteiger partial charge on any atom is -0.506 e. The van der Waals surface area contributed by atoms with E-state index in [9.17, 15) is 4.79 Å². The topological polar surface area (TPSA) is 118 Å². The number of aliphatic hydroxyl groups is 5. The Labute approximate surface area is 68.0 Å². The molecule has 6 nitrogen and oxygen atoms in total. The van der Waals surface area contributed by atoms with E-state index in [0.29, 0.717) is 0 Å². The van der Waals surface area contributed by atoms with Gasteiger partial charge in [0.2, 0.25) is 0 Å². The van der Waals surface area contributed by atoms with Gasteiger partial charge < -0.3 is 25.5 Å². The van der Waals surface area contributed by atoms with Gasteiger partial charge in [0.05, 0.1) is 6.61 Å². The zero-order valence-electron chi connectivity index (χ0n) is 6.08. The number of carbonyl (C=O) groups is 1. The molecular weight excluding hydrogens is 168 g/mol. The summed E-state index contributed by atoms with van der Waals surface area (Å²) in [5.41, 5.74) is 0. The van der Waals surface area contributed by atoms with Gasteiger partial charge in [-0.15, -0.1) is 0 Å². The molecule has 2 unspecified atom stereocenters. The third-order valence-corrected chi connectivity index (χ3v) is 1.21. The summed E-state index contributed by atoms with van der Waals surface area (Å²) in [6, 6.07) is 0. The van der Waals surface area contributed by atoms with Crippen molar-refractivity contribution in [2.75, 3.05) is 6.61 Å². The predicted molar refractivity (Wildman–Crippen MR) is 37.4 cm³/mol. The lowest BCUT2D eigenvalue weighted by Gasteiger charge is -2.14. The molecule has 0 radical (unpaired) electrons. The minimum absolute atomic E-state index is 0.0946. The lowest BCUT2D eigenvalue weighted by Crippen LogP contribution is -2.31. The number of allylic oxidation sites excluding steroid dienone is 1. The van der Waals surface area contributed by atoms with E-state index < -0.39 is 30.3 Å². The normalized spacial score (nSPS) is 17.9. The number of aldehydes is 1. The Hall–Kier alpha value is -1.11. The van der Waals surface area contributed by atoms with Crippen molar-refractivity contribution in [3.63, 3.8) is 0 Å². The molecule has 0 rings (SSSR count). The maximum Gasteiger partial charge on any atom is 0.196 e. The quantitative estimate of drug-likeness (QED) is 0.197. The number of carbonyl (C=O) groups excluding carboxylic acids is 1. The van der Waals surface area contributed by atoms with Gasteiger partial charge >= 0.3 is 0 Å². The van der Waals surface area contributed by atoms with Crippen molar-refractivity contribution in [2.45, 2.75) is 12.2 Å². The van der Waals surface area contributed by atoms with E-state index >= 15 is 0 Å². The van der Waals surface area contributed by atoms with Crippen molar-refractivity contribution < 1.29 is 30.3 Å². The largest absolute Gasteiger partial charge is 0.506 e. The summed E-state index contributed by atoms with van der Waals surface area (Å²) in [4.78, 5) is 9.84. The van der Waals surface area contributed by atoms with Crippen molar-refractivity contribution in [1.29, 1.82) is 0 Å². The Bertz CT molecular complexity index is 186. The van der Waals surface area contributed by atoms with Crippen LogP contribution in [0.25, 0.3) is 0 Å². The average molecular weight is 178 g/mol. The highest BCUT2D eigenvalue weighted by Gasteiger charge is 2.22. The molecule has 0 bridgehead atoms. The van der Waals surface area contributed by atoms with Gasteiger partial charge in [0.1, 0.15) is 12.2 Å². The Morgan fingerprint density at radius 3 is 2.17 bits per heavy atom. The molecule has 0 aliphatic carbocycles. The van der Waals surface area contributed by atoms with Crippen molar-refractivity contribution in [2.24, 2.45) is 0 Å². The van der Waals surface area contributed by atoms with Gasteiger partial charge in [-0.2, -0.15) is 0 Å². The Morgan fingerprint density at radius 2 is 1.83 bits per heavy atom. The first-order valence-corrected chi connectivity index (χ1v) is 3.08. The molecule has 6 heteroatoms. The maximum atomic E-state index is 9.84. The molecule has 5 N–H and O–H groups in total. The monoisotopic (exact) mass is 178 g/mol. The van der Waals surface area contributed by atoms with Crippen molar-refractivity contribution in [3.05, 3.63) is 11.5 Å². The van der Waals surface area contributed by atoms with E-state index in [-0.39, 0.29) is 6.29 Å². The van der Waals surface area contributed by atoms with Crippen LogP contribution in [-0.2, 0) is 4.79 Å². The van der Waals surface area contributed by atoms with Crippen LogP contribution in [0, 0.1) is 0 Å². The Morgan fingerprint density at radius 1 is 1.33 bits per heavy atom. The Kier molecular flexibility index (Phi) is 4.27. The van der Waals surface area contributed by atoms with Crippen LogP contribution in [0.1, 0.15) is 0 Å². The second-order valence-electron chi connectivity index (χ2n) is 2.08. The summed E-state index contributed by atoms with van der Waals surface area (Å²) in [6.45, 7) is -0.794. The van der Waals surface area contributed by atoms with Gasteiger partial charge in [-0.25, -0.2) is 0 Å². The fraction of sp³-hybridized carbons (Fsp3) is 0.500. The van der Waals surface area contributed by atoms with Gasteiger partial charge in [0, 0.05) is 0 Å². The van der Waals surface area contributed by atoms with Gasteiger partial charge in [-0.3, -0.25) is 4.79 Å². The van der Waals surface area contributed by atoms with Crippen LogP contribution in [-0.4, -0.2) is 50.6 Å². The smallest absolute Gasteiger partial charge is 0.196 e. The maximum absolute atomic E-state index is 9.84. The van der Waals surface area contributed by atoms with Gasteiger partial charge in [-0.1, -0.05) is 0 Å². The zero-order chi connectivity index (χ0) is 9.72. The molecular formula is C6H10O6. The average Bonchev–Trinajstić information content (AvgIpc) is 2.12. The number of aliphatic hydroxyl groups excluding tert-OH is 5. The number of hydrogen-bond donors (Lipinski definition) is 5. The summed E-state index contributed by atoms with van der Waals surface area (Å²) in [5.74, 6) is -2.14. The molecule has 0 aliphatic rings. The third kappa shape index (κ3) is 2.50. The summed E-state index contributed by atoms with van der Waals surface area (Å²) in [6.07, 6.45) is -3.59. The number of rotatable bonds is 4.